The van der Waals surface area contributed by atoms with Gasteiger partial charge < -0.3 is 15.7 Å². The highest BCUT2D eigenvalue weighted by Gasteiger charge is 2.44. The van der Waals surface area contributed by atoms with Crippen LogP contribution in [-0.4, -0.2) is 28.6 Å². The van der Waals surface area contributed by atoms with Crippen molar-refractivity contribution >= 4 is 12.0 Å². The van der Waals surface area contributed by atoms with Gasteiger partial charge in [0.25, 0.3) is 0 Å². The summed E-state index contributed by atoms with van der Waals surface area (Å²) in [5, 5.41) is 14.6. The number of aliphatic carboxylic acids is 1. The minimum absolute atomic E-state index is 0.178. The molecule has 0 aliphatic heterocycles. The number of hydrogen-bond acceptors (Lipinski definition) is 3. The fourth-order valence-electron chi connectivity index (χ4n) is 2.50. The van der Waals surface area contributed by atoms with Crippen LogP contribution in [0.2, 0.25) is 0 Å². The second kappa shape index (κ2) is 6.56. The summed E-state index contributed by atoms with van der Waals surface area (Å²) in [5.74, 6) is -0.827. The number of urea groups is 1. The van der Waals surface area contributed by atoms with Crippen LogP contribution in [0.4, 0.5) is 4.79 Å². The first-order valence-electron chi connectivity index (χ1n) is 7.25. The van der Waals surface area contributed by atoms with Crippen LogP contribution in [0.15, 0.2) is 18.3 Å². The van der Waals surface area contributed by atoms with Gasteiger partial charge in [0.05, 0.1) is 17.7 Å². The Balaban J connectivity index is 1.81. The maximum absolute atomic E-state index is 11.8. The summed E-state index contributed by atoms with van der Waals surface area (Å²) in [5.41, 5.74) is 1.17. The number of carbonyl (C=O) groups is 2. The molecule has 0 spiro atoms. The highest BCUT2D eigenvalue weighted by Crippen LogP contribution is 2.40. The fourth-order valence-corrected chi connectivity index (χ4v) is 2.50. The van der Waals surface area contributed by atoms with E-state index in [1.807, 2.05) is 19.1 Å². The molecule has 0 atom stereocenters. The Morgan fingerprint density at radius 1 is 1.38 bits per heavy atom. The molecule has 0 bridgehead atoms. The van der Waals surface area contributed by atoms with Crippen LogP contribution in [0.5, 0.6) is 0 Å². The Hall–Kier alpha value is -2.11. The molecule has 2 amide bonds. The predicted octanol–water partition coefficient (Wildman–Crippen LogP) is 1.70. The second-order valence-electron chi connectivity index (χ2n) is 5.44. The van der Waals surface area contributed by atoms with Crippen molar-refractivity contribution in [3.05, 3.63) is 29.6 Å². The van der Waals surface area contributed by atoms with Gasteiger partial charge >= 0.3 is 12.0 Å². The molecule has 21 heavy (non-hydrogen) atoms. The Morgan fingerprint density at radius 2 is 2.14 bits per heavy atom. The van der Waals surface area contributed by atoms with Crippen LogP contribution in [0.1, 0.15) is 37.4 Å². The number of carboxylic acids is 1. The largest absolute Gasteiger partial charge is 0.481 e. The summed E-state index contributed by atoms with van der Waals surface area (Å²) in [6, 6.07) is 3.50. The summed E-state index contributed by atoms with van der Waals surface area (Å²) < 4.78 is 0. The normalized spacial score (nSPS) is 15.9. The van der Waals surface area contributed by atoms with Crippen LogP contribution in [-0.2, 0) is 17.8 Å². The van der Waals surface area contributed by atoms with E-state index in [4.69, 9.17) is 0 Å². The first-order chi connectivity index (χ1) is 10.1. The lowest BCUT2D eigenvalue weighted by Crippen LogP contribution is -2.49. The third kappa shape index (κ3) is 3.51. The average molecular weight is 291 g/mol. The standard InChI is InChI=1S/C15H21N3O3/c1-2-11-5-3-8-16-12(11)9-17-14(21)18-10-15(13(19)20)6-4-7-15/h3,5,8H,2,4,6-7,9-10H2,1H3,(H,19,20)(H2,17,18,21). The third-order valence-electron chi connectivity index (χ3n) is 4.13. The molecule has 1 aromatic rings. The topological polar surface area (TPSA) is 91.3 Å². The van der Waals surface area contributed by atoms with Crippen LogP contribution < -0.4 is 10.6 Å². The fraction of sp³-hybridized carbons (Fsp3) is 0.533. The van der Waals surface area contributed by atoms with Gasteiger partial charge in [-0.1, -0.05) is 19.4 Å². The lowest BCUT2D eigenvalue weighted by atomic mass is 9.69. The quantitative estimate of drug-likeness (QED) is 0.744. The number of aryl methyl sites for hydroxylation is 1. The zero-order valence-electron chi connectivity index (χ0n) is 12.2. The van der Waals surface area contributed by atoms with Crippen LogP contribution in [0.3, 0.4) is 0 Å². The van der Waals surface area contributed by atoms with Crippen molar-refractivity contribution in [2.24, 2.45) is 5.41 Å². The molecule has 2 rings (SSSR count). The Bertz CT molecular complexity index is 527. The zero-order valence-corrected chi connectivity index (χ0v) is 12.2. The number of rotatable bonds is 6. The number of nitrogens with one attached hydrogen (secondary N) is 2. The van der Waals surface area contributed by atoms with Crippen LogP contribution in [0.25, 0.3) is 0 Å². The lowest BCUT2D eigenvalue weighted by molar-refractivity contribution is -0.153. The van der Waals surface area contributed by atoms with Gasteiger partial charge in [0.15, 0.2) is 0 Å². The molecule has 0 aromatic carbocycles. The summed E-state index contributed by atoms with van der Waals surface area (Å²) >= 11 is 0. The summed E-state index contributed by atoms with van der Waals surface area (Å²) in [7, 11) is 0. The van der Waals surface area contributed by atoms with Crippen molar-refractivity contribution in [2.75, 3.05) is 6.54 Å². The van der Waals surface area contributed by atoms with Gasteiger partial charge in [0, 0.05) is 12.7 Å². The van der Waals surface area contributed by atoms with Gasteiger partial charge in [0.2, 0.25) is 0 Å². The summed E-state index contributed by atoms with van der Waals surface area (Å²) in [4.78, 5) is 27.2. The van der Waals surface area contributed by atoms with Crippen LogP contribution >= 0.6 is 0 Å². The van der Waals surface area contributed by atoms with Crippen molar-refractivity contribution in [3.8, 4) is 0 Å². The lowest BCUT2D eigenvalue weighted by Gasteiger charge is -2.37. The van der Waals surface area contributed by atoms with Gasteiger partial charge in [-0.3, -0.25) is 9.78 Å². The molecule has 1 saturated carbocycles. The molecule has 0 radical (unpaired) electrons. The van der Waals surface area contributed by atoms with E-state index in [0.29, 0.717) is 19.4 Å². The molecule has 1 heterocycles. The average Bonchev–Trinajstić information content (AvgIpc) is 2.43. The predicted molar refractivity (Wildman–Crippen MR) is 77.8 cm³/mol. The van der Waals surface area contributed by atoms with Crippen molar-refractivity contribution < 1.29 is 14.7 Å². The number of amides is 2. The van der Waals surface area contributed by atoms with Gasteiger partial charge in [-0.2, -0.15) is 0 Å². The van der Waals surface area contributed by atoms with Crippen molar-refractivity contribution in [3.63, 3.8) is 0 Å². The molecule has 3 N–H and O–H groups in total. The van der Waals surface area contributed by atoms with Gasteiger partial charge in [-0.25, -0.2) is 4.79 Å². The molecule has 0 saturated heterocycles. The maximum atomic E-state index is 11.8. The molecule has 6 heteroatoms. The van der Waals surface area contributed by atoms with Gasteiger partial charge in [-0.15, -0.1) is 0 Å². The first kappa shape index (κ1) is 15.3. The summed E-state index contributed by atoms with van der Waals surface area (Å²) in [6.07, 6.45) is 4.71. The van der Waals surface area contributed by atoms with Gasteiger partial charge in [-0.05, 0) is 30.9 Å². The Labute approximate surface area is 124 Å². The van der Waals surface area contributed by atoms with E-state index in [2.05, 4.69) is 15.6 Å². The highest BCUT2D eigenvalue weighted by atomic mass is 16.4. The smallest absolute Gasteiger partial charge is 0.315 e. The molecular weight excluding hydrogens is 270 g/mol. The van der Waals surface area contributed by atoms with E-state index in [0.717, 1.165) is 24.1 Å². The second-order valence-corrected chi connectivity index (χ2v) is 5.44. The van der Waals surface area contributed by atoms with E-state index in [9.17, 15) is 14.7 Å². The molecule has 114 valence electrons. The van der Waals surface area contributed by atoms with E-state index in [1.54, 1.807) is 6.20 Å². The molecule has 1 aliphatic rings. The SMILES string of the molecule is CCc1cccnc1CNC(=O)NCC1(C(=O)O)CCC1. The van der Waals surface area contributed by atoms with Crippen molar-refractivity contribution in [1.82, 2.24) is 15.6 Å². The maximum Gasteiger partial charge on any atom is 0.315 e. The Kier molecular flexibility index (Phi) is 4.77. The van der Waals surface area contributed by atoms with E-state index >= 15 is 0 Å². The minimum atomic E-state index is -0.827. The van der Waals surface area contributed by atoms with Crippen molar-refractivity contribution in [2.45, 2.75) is 39.2 Å². The molecule has 0 unspecified atom stereocenters. The molecule has 1 aromatic heterocycles. The van der Waals surface area contributed by atoms with Crippen LogP contribution in [0, 0.1) is 5.41 Å². The minimum Gasteiger partial charge on any atom is -0.481 e. The number of carbonyl (C=O) groups excluding carboxylic acids is 1. The number of hydrogen-bond donors (Lipinski definition) is 3. The molecular formula is C15H21N3O3. The third-order valence-corrected chi connectivity index (χ3v) is 4.13. The monoisotopic (exact) mass is 291 g/mol. The Morgan fingerprint density at radius 3 is 2.71 bits per heavy atom. The van der Waals surface area contributed by atoms with E-state index in [-0.39, 0.29) is 12.6 Å². The summed E-state index contributed by atoms with van der Waals surface area (Å²) in [6.45, 7) is 2.56. The highest BCUT2D eigenvalue weighted by molar-refractivity contribution is 5.78. The first-order valence-corrected chi connectivity index (χ1v) is 7.25. The number of aromatic nitrogens is 1. The van der Waals surface area contributed by atoms with Gasteiger partial charge in [0.1, 0.15) is 0 Å². The van der Waals surface area contributed by atoms with E-state index < -0.39 is 11.4 Å². The number of carboxylic acid groups (broad SMARTS) is 1. The molecule has 1 fully saturated rings. The molecule has 6 nitrogen and oxygen atoms in total. The number of nitrogens with zero attached hydrogens (tertiary/aromatic N) is 1. The zero-order chi connectivity index (χ0) is 15.3. The molecule has 1 aliphatic carbocycles. The number of pyridine rings is 1. The van der Waals surface area contributed by atoms with Crippen molar-refractivity contribution in [1.29, 1.82) is 0 Å². The van der Waals surface area contributed by atoms with E-state index in [1.165, 1.54) is 0 Å².